The molecule has 8 heteroatoms. The number of amides is 2. The zero-order valence-corrected chi connectivity index (χ0v) is 18.9. The second-order valence-corrected chi connectivity index (χ2v) is 9.42. The van der Waals surface area contributed by atoms with Crippen molar-refractivity contribution in [3.63, 3.8) is 0 Å². The molecule has 0 fully saturated rings. The van der Waals surface area contributed by atoms with Gasteiger partial charge in [0.25, 0.3) is 0 Å². The van der Waals surface area contributed by atoms with Gasteiger partial charge in [-0.05, 0) is 38.5 Å². The van der Waals surface area contributed by atoms with Crippen molar-refractivity contribution >= 4 is 21.8 Å². The zero-order chi connectivity index (χ0) is 22.5. The molecule has 162 valence electrons. The van der Waals surface area contributed by atoms with Crippen molar-refractivity contribution in [1.82, 2.24) is 14.5 Å². The molecule has 1 N–H and O–H groups in total. The minimum Gasteiger partial charge on any atom is -0.357 e. The number of sulfonamides is 1. The fourth-order valence-electron chi connectivity index (χ4n) is 3.06. The number of benzene rings is 2. The molecule has 30 heavy (non-hydrogen) atoms. The maximum absolute atomic E-state index is 13.1. The van der Waals surface area contributed by atoms with Crippen LogP contribution in [0.1, 0.15) is 23.6 Å². The molecule has 1 unspecified atom stereocenters. The van der Waals surface area contributed by atoms with Gasteiger partial charge in [0.15, 0.2) is 0 Å². The molecule has 0 bridgehead atoms. The summed E-state index contributed by atoms with van der Waals surface area (Å²) in [5.41, 5.74) is 2.84. The van der Waals surface area contributed by atoms with E-state index in [4.69, 9.17) is 0 Å². The van der Waals surface area contributed by atoms with E-state index in [2.05, 4.69) is 5.32 Å². The summed E-state index contributed by atoms with van der Waals surface area (Å²) in [6.45, 7) is 5.27. The Hall–Kier alpha value is -2.71. The first-order valence-electron chi connectivity index (χ1n) is 9.66. The average Bonchev–Trinajstić information content (AvgIpc) is 2.71. The van der Waals surface area contributed by atoms with Crippen LogP contribution < -0.4 is 5.32 Å². The smallest absolute Gasteiger partial charge is 0.243 e. The van der Waals surface area contributed by atoms with E-state index in [0.29, 0.717) is 0 Å². The number of hydrogen-bond donors (Lipinski definition) is 1. The SMILES string of the molecule is CNC(=O)C(C)N(Cc1cccc(C)c1)C(=O)CN(C)S(=O)(=O)c1ccc(C)cc1. The quantitative estimate of drug-likeness (QED) is 0.693. The van der Waals surface area contributed by atoms with Gasteiger partial charge in [-0.15, -0.1) is 0 Å². The Kier molecular flexibility index (Phi) is 7.75. The largest absolute Gasteiger partial charge is 0.357 e. The number of nitrogens with one attached hydrogen (secondary N) is 1. The lowest BCUT2D eigenvalue weighted by molar-refractivity contribution is -0.140. The van der Waals surface area contributed by atoms with Crippen molar-refractivity contribution in [2.75, 3.05) is 20.6 Å². The molecule has 0 radical (unpaired) electrons. The summed E-state index contributed by atoms with van der Waals surface area (Å²) in [5.74, 6) is -0.772. The maximum Gasteiger partial charge on any atom is 0.243 e. The van der Waals surface area contributed by atoms with Crippen LogP contribution >= 0.6 is 0 Å². The number of likely N-dealkylation sites (N-methyl/N-ethyl adjacent to an activating group) is 2. The highest BCUT2D eigenvalue weighted by atomic mass is 32.2. The van der Waals surface area contributed by atoms with Crippen LogP contribution in [-0.4, -0.2) is 56.1 Å². The summed E-state index contributed by atoms with van der Waals surface area (Å²) in [6, 6.07) is 13.3. The van der Waals surface area contributed by atoms with Gasteiger partial charge in [-0.25, -0.2) is 8.42 Å². The van der Waals surface area contributed by atoms with Gasteiger partial charge in [0.1, 0.15) is 6.04 Å². The molecular formula is C22H29N3O4S. The number of nitrogens with zero attached hydrogens (tertiary/aromatic N) is 2. The Morgan fingerprint density at radius 2 is 1.67 bits per heavy atom. The van der Waals surface area contributed by atoms with Gasteiger partial charge in [-0.1, -0.05) is 47.5 Å². The van der Waals surface area contributed by atoms with Crippen LogP contribution in [0.3, 0.4) is 0 Å². The van der Waals surface area contributed by atoms with Crippen molar-refractivity contribution < 1.29 is 18.0 Å². The molecule has 7 nitrogen and oxygen atoms in total. The third kappa shape index (κ3) is 5.67. The van der Waals surface area contributed by atoms with Crippen LogP contribution in [0.25, 0.3) is 0 Å². The van der Waals surface area contributed by atoms with Crippen LogP contribution in [-0.2, 0) is 26.2 Å². The Morgan fingerprint density at radius 3 is 2.23 bits per heavy atom. The van der Waals surface area contributed by atoms with E-state index in [0.717, 1.165) is 21.0 Å². The van der Waals surface area contributed by atoms with Crippen LogP contribution in [0.5, 0.6) is 0 Å². The van der Waals surface area contributed by atoms with Gasteiger partial charge >= 0.3 is 0 Å². The lowest BCUT2D eigenvalue weighted by Gasteiger charge is -2.30. The fraction of sp³-hybridized carbons (Fsp3) is 0.364. The lowest BCUT2D eigenvalue weighted by atomic mass is 10.1. The van der Waals surface area contributed by atoms with E-state index >= 15 is 0 Å². The number of carbonyl (C=O) groups is 2. The van der Waals surface area contributed by atoms with E-state index in [1.54, 1.807) is 19.1 Å². The van der Waals surface area contributed by atoms with Crippen molar-refractivity contribution in [3.05, 3.63) is 65.2 Å². The van der Waals surface area contributed by atoms with Crippen molar-refractivity contribution in [2.45, 2.75) is 38.3 Å². The van der Waals surface area contributed by atoms with E-state index in [9.17, 15) is 18.0 Å². The summed E-state index contributed by atoms with van der Waals surface area (Å²) < 4.78 is 26.7. The van der Waals surface area contributed by atoms with Gasteiger partial charge in [0.05, 0.1) is 11.4 Å². The second-order valence-electron chi connectivity index (χ2n) is 7.38. The minimum atomic E-state index is -3.83. The van der Waals surface area contributed by atoms with E-state index in [1.807, 2.05) is 38.1 Å². The second kappa shape index (κ2) is 9.86. The summed E-state index contributed by atoms with van der Waals surface area (Å²) in [5, 5.41) is 2.55. The first kappa shape index (κ1) is 23.6. The van der Waals surface area contributed by atoms with Crippen LogP contribution in [0.2, 0.25) is 0 Å². The maximum atomic E-state index is 13.1. The monoisotopic (exact) mass is 431 g/mol. The normalized spacial score (nSPS) is 12.5. The van der Waals surface area contributed by atoms with E-state index < -0.39 is 22.0 Å². The number of carbonyl (C=O) groups excluding carboxylic acids is 2. The van der Waals surface area contributed by atoms with Crippen LogP contribution in [0, 0.1) is 13.8 Å². The fourth-order valence-corrected chi connectivity index (χ4v) is 4.18. The number of aryl methyl sites for hydroxylation is 2. The van der Waals surface area contributed by atoms with Crippen molar-refractivity contribution in [3.8, 4) is 0 Å². The molecule has 0 aliphatic heterocycles. The van der Waals surface area contributed by atoms with Gasteiger partial charge in [0.2, 0.25) is 21.8 Å². The van der Waals surface area contributed by atoms with E-state index in [-0.39, 0.29) is 23.9 Å². The molecule has 0 saturated carbocycles. The summed E-state index contributed by atoms with van der Waals surface area (Å²) in [7, 11) is -0.964. The highest BCUT2D eigenvalue weighted by Crippen LogP contribution is 2.17. The molecule has 0 heterocycles. The zero-order valence-electron chi connectivity index (χ0n) is 18.0. The predicted molar refractivity (Wildman–Crippen MR) is 116 cm³/mol. The van der Waals surface area contributed by atoms with Gasteiger partial charge in [0, 0.05) is 20.6 Å². The molecule has 2 amide bonds. The Labute approximate surface area is 178 Å². The van der Waals surface area contributed by atoms with E-state index in [1.165, 1.54) is 31.1 Å². The number of rotatable bonds is 8. The minimum absolute atomic E-state index is 0.119. The first-order chi connectivity index (χ1) is 14.1. The molecule has 0 aliphatic rings. The highest BCUT2D eigenvalue weighted by molar-refractivity contribution is 7.89. The van der Waals surface area contributed by atoms with Crippen LogP contribution in [0.15, 0.2) is 53.4 Å². The topological polar surface area (TPSA) is 86.8 Å². The Morgan fingerprint density at radius 1 is 1.03 bits per heavy atom. The predicted octanol–water partition coefficient (Wildman–Crippen LogP) is 2.09. The van der Waals surface area contributed by atoms with Gasteiger partial charge in [-0.2, -0.15) is 4.31 Å². The molecule has 2 aromatic carbocycles. The van der Waals surface area contributed by atoms with Crippen LogP contribution in [0.4, 0.5) is 0 Å². The molecular weight excluding hydrogens is 402 g/mol. The molecule has 2 aromatic rings. The summed E-state index contributed by atoms with van der Waals surface area (Å²) in [4.78, 5) is 26.8. The molecule has 0 aliphatic carbocycles. The third-order valence-electron chi connectivity index (χ3n) is 4.94. The summed E-state index contributed by atoms with van der Waals surface area (Å²) in [6.07, 6.45) is 0. The van der Waals surface area contributed by atoms with Gasteiger partial charge in [-0.3, -0.25) is 9.59 Å². The highest BCUT2D eigenvalue weighted by Gasteiger charge is 2.29. The molecule has 0 saturated heterocycles. The summed E-state index contributed by atoms with van der Waals surface area (Å²) >= 11 is 0. The Balaban J connectivity index is 2.26. The van der Waals surface area contributed by atoms with Gasteiger partial charge < -0.3 is 10.2 Å². The average molecular weight is 432 g/mol. The molecule has 0 spiro atoms. The lowest BCUT2D eigenvalue weighted by Crippen LogP contribution is -2.50. The molecule has 2 rings (SSSR count). The standard InChI is InChI=1S/C22H29N3O4S/c1-16-9-11-20(12-10-16)30(28,29)24(5)15-21(26)25(18(3)22(27)23-4)14-19-8-6-7-17(2)13-19/h6-13,18H,14-15H2,1-5H3,(H,23,27). The Bertz CT molecular complexity index is 1000. The first-order valence-corrected chi connectivity index (χ1v) is 11.1. The third-order valence-corrected chi connectivity index (χ3v) is 6.75. The van der Waals surface area contributed by atoms with Crippen molar-refractivity contribution in [1.29, 1.82) is 0 Å². The number of hydrogen-bond acceptors (Lipinski definition) is 4. The van der Waals surface area contributed by atoms with Crippen molar-refractivity contribution in [2.24, 2.45) is 0 Å². The molecule has 0 aromatic heterocycles. The molecule has 1 atom stereocenters.